The van der Waals surface area contributed by atoms with E-state index in [-0.39, 0.29) is 0 Å². The Balaban J connectivity index is 1.42. The Morgan fingerprint density at radius 3 is 2.90 bits per heavy atom. The number of rotatable bonds is 4. The van der Waals surface area contributed by atoms with Crippen LogP contribution in [-0.4, -0.2) is 43.7 Å². The first-order valence-corrected chi connectivity index (χ1v) is 7.44. The average molecular weight is 271 g/mol. The van der Waals surface area contributed by atoms with Crippen LogP contribution in [0.25, 0.3) is 0 Å². The van der Waals surface area contributed by atoms with Crippen molar-refractivity contribution in [1.29, 1.82) is 5.26 Å². The Kier molecular flexibility index (Phi) is 4.19. The molecule has 1 N–H and O–H groups in total. The molecular weight excluding hydrogens is 250 g/mol. The fourth-order valence-electron chi connectivity index (χ4n) is 3.24. The van der Waals surface area contributed by atoms with Crippen LogP contribution in [0.4, 0.5) is 0 Å². The number of fused-ring (bicyclic) bond motifs is 1. The molecule has 106 valence electrons. The molecule has 2 saturated heterocycles. The van der Waals surface area contributed by atoms with Gasteiger partial charge in [0, 0.05) is 25.7 Å². The molecule has 2 fully saturated rings. The third kappa shape index (κ3) is 3.12. The van der Waals surface area contributed by atoms with Crippen molar-refractivity contribution in [1.82, 2.24) is 10.2 Å². The highest BCUT2D eigenvalue weighted by molar-refractivity contribution is 5.34. The van der Waals surface area contributed by atoms with Crippen molar-refractivity contribution in [2.24, 2.45) is 5.92 Å². The van der Waals surface area contributed by atoms with E-state index < -0.39 is 0 Å². The summed E-state index contributed by atoms with van der Waals surface area (Å²) in [6.45, 7) is 5.23. The zero-order chi connectivity index (χ0) is 13.8. The summed E-state index contributed by atoms with van der Waals surface area (Å²) in [5.41, 5.74) is 0.673. The maximum absolute atomic E-state index is 8.75. The van der Waals surface area contributed by atoms with Crippen molar-refractivity contribution >= 4 is 0 Å². The minimum atomic E-state index is 0.673. The molecule has 2 aliphatic heterocycles. The molecule has 0 amide bonds. The van der Waals surface area contributed by atoms with Crippen LogP contribution in [0.1, 0.15) is 18.4 Å². The zero-order valence-electron chi connectivity index (χ0n) is 11.7. The maximum atomic E-state index is 8.75. The van der Waals surface area contributed by atoms with Gasteiger partial charge in [-0.05, 0) is 49.6 Å². The Morgan fingerprint density at radius 1 is 1.30 bits per heavy atom. The monoisotopic (exact) mass is 271 g/mol. The number of nitriles is 1. The van der Waals surface area contributed by atoms with Crippen LogP contribution in [0.2, 0.25) is 0 Å². The summed E-state index contributed by atoms with van der Waals surface area (Å²) < 4.78 is 5.75. The molecule has 2 atom stereocenters. The Hall–Kier alpha value is -1.57. The fraction of sp³-hybridized carbons (Fsp3) is 0.562. The molecule has 2 aliphatic rings. The average Bonchev–Trinajstić information content (AvgIpc) is 2.90. The lowest BCUT2D eigenvalue weighted by Gasteiger charge is -2.24. The van der Waals surface area contributed by atoms with E-state index in [1.807, 2.05) is 12.1 Å². The molecule has 1 aromatic rings. The van der Waals surface area contributed by atoms with Gasteiger partial charge in [0.15, 0.2) is 0 Å². The predicted octanol–water partition coefficient (Wildman–Crippen LogP) is 1.62. The van der Waals surface area contributed by atoms with E-state index in [1.165, 1.54) is 25.9 Å². The van der Waals surface area contributed by atoms with Crippen LogP contribution >= 0.6 is 0 Å². The standard InChI is InChI=1S/C16H21N3O/c17-10-13-3-5-15(6-4-13)20-9-8-19-11-14-2-1-7-18-16(14)12-19/h3-6,14,16,18H,1-2,7-9,11-12H2/t14-,16+/m0/s1. The Bertz CT molecular complexity index is 465. The second kappa shape index (κ2) is 6.25. The predicted molar refractivity (Wildman–Crippen MR) is 77.6 cm³/mol. The first kappa shape index (κ1) is 13.4. The summed E-state index contributed by atoms with van der Waals surface area (Å²) in [4.78, 5) is 2.50. The van der Waals surface area contributed by atoms with Gasteiger partial charge >= 0.3 is 0 Å². The number of hydrogen-bond donors (Lipinski definition) is 1. The van der Waals surface area contributed by atoms with E-state index in [9.17, 15) is 0 Å². The number of benzene rings is 1. The van der Waals surface area contributed by atoms with Crippen LogP contribution in [0, 0.1) is 17.2 Å². The van der Waals surface area contributed by atoms with Crippen molar-refractivity contribution in [3.8, 4) is 11.8 Å². The number of nitrogens with zero attached hydrogens (tertiary/aromatic N) is 2. The summed E-state index contributed by atoms with van der Waals surface area (Å²) in [5, 5.41) is 12.4. The van der Waals surface area contributed by atoms with Gasteiger partial charge in [-0.25, -0.2) is 0 Å². The second-order valence-corrected chi connectivity index (χ2v) is 5.71. The van der Waals surface area contributed by atoms with Crippen LogP contribution in [0.15, 0.2) is 24.3 Å². The van der Waals surface area contributed by atoms with Gasteiger partial charge in [0.1, 0.15) is 12.4 Å². The normalized spacial score (nSPS) is 25.9. The van der Waals surface area contributed by atoms with Gasteiger partial charge < -0.3 is 10.1 Å². The molecule has 3 rings (SSSR count). The van der Waals surface area contributed by atoms with Gasteiger partial charge in [-0.15, -0.1) is 0 Å². The van der Waals surface area contributed by atoms with Gasteiger partial charge in [0.05, 0.1) is 11.6 Å². The topological polar surface area (TPSA) is 48.3 Å². The minimum absolute atomic E-state index is 0.673. The highest BCUT2D eigenvalue weighted by Gasteiger charge is 2.33. The van der Waals surface area contributed by atoms with Gasteiger partial charge in [-0.1, -0.05) is 0 Å². The van der Waals surface area contributed by atoms with Crippen LogP contribution in [0.3, 0.4) is 0 Å². The van der Waals surface area contributed by atoms with E-state index >= 15 is 0 Å². The smallest absolute Gasteiger partial charge is 0.119 e. The molecule has 0 bridgehead atoms. The first-order chi connectivity index (χ1) is 9.85. The maximum Gasteiger partial charge on any atom is 0.119 e. The van der Waals surface area contributed by atoms with Gasteiger partial charge in [-0.2, -0.15) is 5.26 Å². The van der Waals surface area contributed by atoms with Crippen molar-refractivity contribution < 1.29 is 4.74 Å². The molecule has 1 aromatic carbocycles. The molecule has 0 saturated carbocycles. The SMILES string of the molecule is N#Cc1ccc(OCCN2C[C@@H]3CCCN[C@@H]3C2)cc1. The molecule has 0 radical (unpaired) electrons. The molecule has 0 unspecified atom stereocenters. The molecule has 2 heterocycles. The van der Waals surface area contributed by atoms with Crippen LogP contribution in [-0.2, 0) is 0 Å². The molecular formula is C16H21N3O. The minimum Gasteiger partial charge on any atom is -0.492 e. The molecule has 4 nitrogen and oxygen atoms in total. The van der Waals surface area contributed by atoms with Gasteiger partial charge in [-0.3, -0.25) is 4.90 Å². The fourth-order valence-corrected chi connectivity index (χ4v) is 3.24. The Morgan fingerprint density at radius 2 is 2.15 bits per heavy atom. The summed E-state index contributed by atoms with van der Waals surface area (Å²) in [7, 11) is 0. The summed E-state index contributed by atoms with van der Waals surface area (Å²) in [6, 6.07) is 10.1. The number of ether oxygens (including phenoxy) is 1. The number of nitrogens with one attached hydrogen (secondary N) is 1. The highest BCUT2D eigenvalue weighted by Crippen LogP contribution is 2.24. The van der Waals surface area contributed by atoms with E-state index in [2.05, 4.69) is 16.3 Å². The van der Waals surface area contributed by atoms with Crippen molar-refractivity contribution in [3.63, 3.8) is 0 Å². The molecule has 20 heavy (non-hydrogen) atoms. The van der Waals surface area contributed by atoms with E-state index in [4.69, 9.17) is 10.00 Å². The largest absolute Gasteiger partial charge is 0.492 e. The molecule has 0 aliphatic carbocycles. The highest BCUT2D eigenvalue weighted by atomic mass is 16.5. The lowest BCUT2D eigenvalue weighted by atomic mass is 9.94. The summed E-state index contributed by atoms with van der Waals surface area (Å²) in [5.74, 6) is 1.68. The number of piperidine rings is 1. The van der Waals surface area contributed by atoms with Crippen LogP contribution < -0.4 is 10.1 Å². The molecule has 0 aromatic heterocycles. The lowest BCUT2D eigenvalue weighted by molar-refractivity contribution is 0.232. The van der Waals surface area contributed by atoms with Crippen molar-refractivity contribution in [3.05, 3.63) is 29.8 Å². The van der Waals surface area contributed by atoms with E-state index in [0.717, 1.165) is 24.8 Å². The van der Waals surface area contributed by atoms with Gasteiger partial charge in [0.2, 0.25) is 0 Å². The van der Waals surface area contributed by atoms with Crippen molar-refractivity contribution in [2.75, 3.05) is 32.8 Å². The third-order valence-corrected chi connectivity index (χ3v) is 4.33. The number of likely N-dealkylation sites (tertiary alicyclic amines) is 1. The third-order valence-electron chi connectivity index (χ3n) is 4.33. The van der Waals surface area contributed by atoms with Crippen molar-refractivity contribution in [2.45, 2.75) is 18.9 Å². The summed E-state index contributed by atoms with van der Waals surface area (Å²) >= 11 is 0. The van der Waals surface area contributed by atoms with Gasteiger partial charge in [0.25, 0.3) is 0 Å². The summed E-state index contributed by atoms with van der Waals surface area (Å²) in [6.07, 6.45) is 2.68. The Labute approximate surface area is 120 Å². The van der Waals surface area contributed by atoms with Crippen LogP contribution in [0.5, 0.6) is 5.75 Å². The number of hydrogen-bond acceptors (Lipinski definition) is 4. The molecule has 0 spiro atoms. The van der Waals surface area contributed by atoms with E-state index in [0.29, 0.717) is 18.2 Å². The quantitative estimate of drug-likeness (QED) is 0.904. The lowest BCUT2D eigenvalue weighted by Crippen LogP contribution is -2.40. The van der Waals surface area contributed by atoms with E-state index in [1.54, 1.807) is 12.1 Å². The first-order valence-electron chi connectivity index (χ1n) is 7.44. The molecule has 4 heteroatoms. The second-order valence-electron chi connectivity index (χ2n) is 5.71. The zero-order valence-corrected chi connectivity index (χ0v) is 11.7.